The molecule has 1 unspecified atom stereocenters. The highest BCUT2D eigenvalue weighted by molar-refractivity contribution is 7.91. The summed E-state index contributed by atoms with van der Waals surface area (Å²) < 4.78 is 28.8. The summed E-state index contributed by atoms with van der Waals surface area (Å²) >= 11 is 1.05. The molecule has 0 radical (unpaired) electrons. The number of aliphatic carboxylic acids is 1. The Labute approximate surface area is 182 Å². The summed E-state index contributed by atoms with van der Waals surface area (Å²) in [6, 6.07) is 19.8. The van der Waals surface area contributed by atoms with Crippen molar-refractivity contribution in [3.63, 3.8) is 0 Å². The third-order valence-corrected chi connectivity index (χ3v) is 8.95. The number of rotatable bonds is 6. The molecule has 0 amide bonds. The van der Waals surface area contributed by atoms with E-state index in [0.717, 1.165) is 27.9 Å². The number of carboxylic acids is 1. The number of nitrogens with zero attached hydrogens (tertiary/aromatic N) is 1. The van der Waals surface area contributed by atoms with E-state index in [1.54, 1.807) is 13.0 Å². The Hall–Kier alpha value is -3.01. The fourth-order valence-corrected chi connectivity index (χ4v) is 6.94. The number of thiophene rings is 1. The van der Waals surface area contributed by atoms with Crippen molar-refractivity contribution in [3.05, 3.63) is 72.3 Å². The van der Waals surface area contributed by atoms with Crippen molar-refractivity contribution in [1.82, 2.24) is 14.7 Å². The van der Waals surface area contributed by atoms with Crippen LogP contribution in [-0.2, 0) is 14.8 Å². The second-order valence-corrected chi connectivity index (χ2v) is 10.7. The fourth-order valence-electron chi connectivity index (χ4n) is 4.23. The second-order valence-electron chi connectivity index (χ2n) is 7.68. The van der Waals surface area contributed by atoms with E-state index in [4.69, 9.17) is 0 Å². The molecule has 1 fully saturated rings. The van der Waals surface area contributed by atoms with E-state index in [0.29, 0.717) is 10.7 Å². The average molecular weight is 454 g/mol. The molecule has 158 valence electrons. The summed E-state index contributed by atoms with van der Waals surface area (Å²) in [5.74, 6) is -1.41. The zero-order valence-corrected chi connectivity index (χ0v) is 18.1. The third-order valence-electron chi connectivity index (χ3n) is 5.88. The number of hydrogen-bond donors (Lipinski definition) is 3. The maximum atomic E-state index is 13.1. The van der Waals surface area contributed by atoms with Gasteiger partial charge in [0, 0.05) is 5.92 Å². The van der Waals surface area contributed by atoms with Crippen molar-refractivity contribution in [2.45, 2.75) is 22.6 Å². The predicted molar refractivity (Wildman–Crippen MR) is 118 cm³/mol. The summed E-state index contributed by atoms with van der Waals surface area (Å²) in [6.07, 6.45) is 0. The van der Waals surface area contributed by atoms with Gasteiger partial charge in [-0.1, -0.05) is 49.4 Å². The molecule has 0 aliphatic heterocycles. The molecule has 7 nitrogen and oxygen atoms in total. The van der Waals surface area contributed by atoms with Crippen molar-refractivity contribution >= 4 is 38.4 Å². The monoisotopic (exact) mass is 453 g/mol. The predicted octanol–water partition coefficient (Wildman–Crippen LogP) is 3.83. The van der Waals surface area contributed by atoms with Gasteiger partial charge in [-0.15, -0.1) is 11.3 Å². The smallest absolute Gasteiger partial charge is 0.325 e. The van der Waals surface area contributed by atoms with Crippen LogP contribution in [0.2, 0.25) is 0 Å². The fraction of sp³-hybridized carbons (Fsp3) is 0.182. The van der Waals surface area contributed by atoms with Crippen LogP contribution in [0.5, 0.6) is 0 Å². The Bertz CT molecular complexity index is 1360. The normalized spacial score (nSPS) is 23.1. The van der Waals surface area contributed by atoms with Crippen LogP contribution < -0.4 is 4.72 Å². The van der Waals surface area contributed by atoms with Gasteiger partial charge in [0.15, 0.2) is 0 Å². The van der Waals surface area contributed by atoms with E-state index in [9.17, 15) is 18.3 Å². The van der Waals surface area contributed by atoms with Crippen molar-refractivity contribution < 1.29 is 18.3 Å². The molecule has 9 heteroatoms. The first-order valence-corrected chi connectivity index (χ1v) is 12.0. The van der Waals surface area contributed by atoms with Gasteiger partial charge in [0.05, 0.1) is 15.9 Å². The van der Waals surface area contributed by atoms with Crippen molar-refractivity contribution in [3.8, 4) is 10.7 Å². The maximum absolute atomic E-state index is 13.1. The number of carboxylic acid groups (broad SMARTS) is 1. The molecule has 3 N–H and O–H groups in total. The van der Waals surface area contributed by atoms with Gasteiger partial charge in [-0.2, -0.15) is 4.72 Å². The highest BCUT2D eigenvalue weighted by atomic mass is 32.2. The molecule has 2 aromatic heterocycles. The van der Waals surface area contributed by atoms with E-state index < -0.39 is 27.4 Å². The number of H-pyrrole nitrogens is 1. The van der Waals surface area contributed by atoms with Crippen molar-refractivity contribution in [2.24, 2.45) is 5.92 Å². The molecule has 1 saturated carbocycles. The first-order valence-electron chi connectivity index (χ1n) is 9.70. The largest absolute Gasteiger partial charge is 0.480 e. The van der Waals surface area contributed by atoms with Gasteiger partial charge in [0.2, 0.25) is 0 Å². The van der Waals surface area contributed by atoms with Crippen LogP contribution in [0, 0.1) is 5.92 Å². The van der Waals surface area contributed by atoms with Crippen LogP contribution >= 0.6 is 11.3 Å². The number of carbonyl (C=O) groups is 1. The number of para-hydroxylation sites is 2. The first-order chi connectivity index (χ1) is 14.8. The number of nitrogens with one attached hydrogen (secondary N) is 2. The summed E-state index contributed by atoms with van der Waals surface area (Å²) in [5.41, 5.74) is 0.879. The molecular formula is C22H19N3O4S2. The molecular weight excluding hydrogens is 434 g/mol. The molecule has 3 atom stereocenters. The zero-order chi connectivity index (χ0) is 21.8. The Balaban J connectivity index is 1.46. The topological polar surface area (TPSA) is 112 Å². The van der Waals surface area contributed by atoms with Crippen LogP contribution in [0.15, 0.2) is 70.9 Å². The maximum Gasteiger partial charge on any atom is 0.325 e. The Morgan fingerprint density at radius 2 is 1.81 bits per heavy atom. The number of hydrogen-bond acceptors (Lipinski definition) is 5. The van der Waals surface area contributed by atoms with E-state index >= 15 is 0 Å². The quantitative estimate of drug-likeness (QED) is 0.411. The molecule has 0 spiro atoms. The molecule has 2 heterocycles. The van der Waals surface area contributed by atoms with Crippen LogP contribution in [-0.4, -0.2) is 35.0 Å². The third kappa shape index (κ3) is 3.16. The van der Waals surface area contributed by atoms with Gasteiger partial charge in [-0.3, -0.25) is 4.79 Å². The summed E-state index contributed by atoms with van der Waals surface area (Å²) in [5, 5.41) is 9.94. The highest BCUT2D eigenvalue weighted by Crippen LogP contribution is 2.58. The summed E-state index contributed by atoms with van der Waals surface area (Å²) in [4.78, 5) is 20.5. The number of aromatic amines is 1. The lowest BCUT2D eigenvalue weighted by Crippen LogP contribution is -2.45. The Kier molecular flexibility index (Phi) is 4.51. The molecule has 1 aliphatic carbocycles. The average Bonchev–Trinajstić information content (AvgIpc) is 3.16. The Morgan fingerprint density at radius 3 is 2.52 bits per heavy atom. The minimum atomic E-state index is -4.05. The summed E-state index contributed by atoms with van der Waals surface area (Å²) in [7, 11) is -4.05. The first kappa shape index (κ1) is 19.9. The lowest BCUT2D eigenvalue weighted by molar-refractivity contribution is -0.140. The number of aromatic nitrogens is 2. The number of sulfonamides is 1. The highest BCUT2D eigenvalue weighted by Gasteiger charge is 2.70. The molecule has 4 aromatic rings. The molecule has 0 saturated heterocycles. The van der Waals surface area contributed by atoms with Crippen molar-refractivity contribution in [2.75, 3.05) is 0 Å². The Morgan fingerprint density at radius 1 is 1.10 bits per heavy atom. The minimum absolute atomic E-state index is 0.0505. The lowest BCUT2D eigenvalue weighted by Gasteiger charge is -2.15. The standard InChI is InChI=1S/C22H19N3O4S2/c1-13-19(14-7-3-2-4-8-14)22(13,21(26)27)25-31(28,29)18-12-11-17(30-18)20-23-15-9-5-6-10-16(15)24-20/h2-13,19,25H,1H3,(H,23,24)(H,26,27)/t13?,19-,22-/m0/s1. The SMILES string of the molecule is CC1[C@@H](c2ccccc2)[C@]1(NS(=O)(=O)c1ccc(-c2nc3ccccc3[nH]2)s1)C(=O)O. The van der Waals surface area contributed by atoms with Crippen LogP contribution in [0.4, 0.5) is 0 Å². The lowest BCUT2D eigenvalue weighted by atomic mass is 10.1. The zero-order valence-electron chi connectivity index (χ0n) is 16.4. The molecule has 5 rings (SSSR count). The number of imidazole rings is 1. The van der Waals surface area contributed by atoms with E-state index in [-0.39, 0.29) is 10.1 Å². The van der Waals surface area contributed by atoms with Gasteiger partial charge in [-0.25, -0.2) is 13.4 Å². The van der Waals surface area contributed by atoms with Crippen LogP contribution in [0.1, 0.15) is 18.4 Å². The van der Waals surface area contributed by atoms with E-state index in [1.165, 1.54) is 6.07 Å². The van der Waals surface area contributed by atoms with Crippen LogP contribution in [0.25, 0.3) is 21.7 Å². The number of fused-ring (bicyclic) bond motifs is 1. The van der Waals surface area contributed by atoms with Crippen LogP contribution in [0.3, 0.4) is 0 Å². The van der Waals surface area contributed by atoms with Gasteiger partial charge < -0.3 is 10.1 Å². The van der Waals surface area contributed by atoms with Gasteiger partial charge in [-0.05, 0) is 35.7 Å². The van der Waals surface area contributed by atoms with Gasteiger partial charge in [0.25, 0.3) is 10.0 Å². The number of benzene rings is 2. The van der Waals surface area contributed by atoms with Gasteiger partial charge in [0.1, 0.15) is 15.6 Å². The molecule has 0 bridgehead atoms. The molecule has 1 aliphatic rings. The van der Waals surface area contributed by atoms with E-state index in [2.05, 4.69) is 14.7 Å². The summed E-state index contributed by atoms with van der Waals surface area (Å²) in [6.45, 7) is 1.75. The molecule has 31 heavy (non-hydrogen) atoms. The minimum Gasteiger partial charge on any atom is -0.480 e. The second kappa shape index (κ2) is 7.01. The van der Waals surface area contributed by atoms with E-state index in [1.807, 2.05) is 54.6 Å². The molecule has 2 aromatic carbocycles. The van der Waals surface area contributed by atoms with Crippen molar-refractivity contribution in [1.29, 1.82) is 0 Å². The van der Waals surface area contributed by atoms with Gasteiger partial charge >= 0.3 is 5.97 Å².